The Kier molecular flexibility index (Phi) is 2.79. The molecule has 0 atom stereocenters. The van der Waals surface area contributed by atoms with Crippen LogP contribution in [0.1, 0.15) is 5.56 Å². The lowest BCUT2D eigenvalue weighted by molar-refractivity contribution is 0.625. The van der Waals surface area contributed by atoms with Gasteiger partial charge < -0.3 is 4.98 Å². The van der Waals surface area contributed by atoms with Gasteiger partial charge in [-0.05, 0) is 29.1 Å². The van der Waals surface area contributed by atoms with Crippen molar-refractivity contribution in [1.29, 1.82) is 0 Å². The highest BCUT2D eigenvalue weighted by Gasteiger charge is 2.08. The Morgan fingerprint density at radius 1 is 1.16 bits per heavy atom. The SMILES string of the molecule is O=c1[nH]c2ccsc2c(=O)n1Cc1ccc(F)cc1. The normalized spacial score (nSPS) is 11.0. The van der Waals surface area contributed by atoms with Gasteiger partial charge in [0.15, 0.2) is 0 Å². The van der Waals surface area contributed by atoms with Crippen LogP contribution >= 0.6 is 11.3 Å². The Balaban J connectivity index is 2.12. The van der Waals surface area contributed by atoms with E-state index in [0.29, 0.717) is 15.8 Å². The number of hydrogen-bond donors (Lipinski definition) is 1. The quantitative estimate of drug-likeness (QED) is 0.777. The molecule has 4 nitrogen and oxygen atoms in total. The van der Waals surface area contributed by atoms with Crippen LogP contribution in [-0.4, -0.2) is 9.55 Å². The van der Waals surface area contributed by atoms with Crippen LogP contribution in [0.3, 0.4) is 0 Å². The molecule has 96 valence electrons. The molecule has 0 fully saturated rings. The summed E-state index contributed by atoms with van der Waals surface area (Å²) in [5, 5.41) is 1.75. The number of fused-ring (bicyclic) bond motifs is 1. The Labute approximate surface area is 110 Å². The van der Waals surface area contributed by atoms with Crippen molar-refractivity contribution in [2.75, 3.05) is 0 Å². The van der Waals surface area contributed by atoms with E-state index in [1.807, 2.05) is 0 Å². The van der Waals surface area contributed by atoms with Crippen molar-refractivity contribution in [1.82, 2.24) is 9.55 Å². The molecule has 2 heterocycles. The van der Waals surface area contributed by atoms with Gasteiger partial charge in [0.2, 0.25) is 0 Å². The zero-order chi connectivity index (χ0) is 13.4. The summed E-state index contributed by atoms with van der Waals surface area (Å²) >= 11 is 1.29. The van der Waals surface area contributed by atoms with E-state index >= 15 is 0 Å². The predicted octanol–water partition coefficient (Wildman–Crippen LogP) is 1.94. The number of aromatic amines is 1. The number of rotatable bonds is 2. The molecule has 0 aliphatic heterocycles. The fourth-order valence-electron chi connectivity index (χ4n) is 1.89. The highest BCUT2D eigenvalue weighted by Crippen LogP contribution is 2.12. The molecule has 0 radical (unpaired) electrons. The molecule has 0 aliphatic carbocycles. The van der Waals surface area contributed by atoms with Crippen LogP contribution < -0.4 is 11.2 Å². The van der Waals surface area contributed by atoms with Crippen LogP contribution in [-0.2, 0) is 6.54 Å². The van der Waals surface area contributed by atoms with Crippen LogP contribution in [0, 0.1) is 5.82 Å². The second kappa shape index (κ2) is 4.47. The number of H-pyrrole nitrogens is 1. The molecule has 1 aromatic carbocycles. The summed E-state index contributed by atoms with van der Waals surface area (Å²) in [5.41, 5.74) is 0.471. The molecule has 3 rings (SSSR count). The molecule has 0 aliphatic rings. The Morgan fingerprint density at radius 3 is 2.63 bits per heavy atom. The summed E-state index contributed by atoms with van der Waals surface area (Å²) in [5.74, 6) is -0.348. The highest BCUT2D eigenvalue weighted by molar-refractivity contribution is 7.17. The number of halogens is 1. The summed E-state index contributed by atoms with van der Waals surface area (Å²) in [6.07, 6.45) is 0. The van der Waals surface area contributed by atoms with Crippen molar-refractivity contribution in [2.45, 2.75) is 6.54 Å². The predicted molar refractivity (Wildman–Crippen MR) is 72.2 cm³/mol. The lowest BCUT2D eigenvalue weighted by Gasteiger charge is -2.04. The average Bonchev–Trinajstić information content (AvgIpc) is 2.85. The summed E-state index contributed by atoms with van der Waals surface area (Å²) in [4.78, 5) is 26.7. The summed E-state index contributed by atoms with van der Waals surface area (Å²) in [6, 6.07) is 7.42. The van der Waals surface area contributed by atoms with E-state index in [1.54, 1.807) is 23.6 Å². The first-order valence-corrected chi connectivity index (χ1v) is 6.48. The van der Waals surface area contributed by atoms with Gasteiger partial charge >= 0.3 is 5.69 Å². The summed E-state index contributed by atoms with van der Waals surface area (Å²) in [6.45, 7) is 0.127. The van der Waals surface area contributed by atoms with Gasteiger partial charge in [0.1, 0.15) is 10.5 Å². The fourth-order valence-corrected chi connectivity index (χ4v) is 2.68. The lowest BCUT2D eigenvalue weighted by Crippen LogP contribution is -2.34. The number of thiophene rings is 1. The maximum absolute atomic E-state index is 12.8. The van der Waals surface area contributed by atoms with E-state index in [0.717, 1.165) is 4.57 Å². The van der Waals surface area contributed by atoms with Crippen LogP contribution in [0.15, 0.2) is 45.3 Å². The maximum Gasteiger partial charge on any atom is 0.329 e. The van der Waals surface area contributed by atoms with Crippen LogP contribution in [0.5, 0.6) is 0 Å². The van der Waals surface area contributed by atoms with E-state index in [-0.39, 0.29) is 17.9 Å². The van der Waals surface area contributed by atoms with E-state index in [4.69, 9.17) is 0 Å². The smallest absolute Gasteiger partial charge is 0.306 e. The number of nitrogens with one attached hydrogen (secondary N) is 1. The standard InChI is InChI=1S/C13H9FN2O2S/c14-9-3-1-8(2-4-9)7-16-12(17)11-10(5-6-19-11)15-13(16)18/h1-6H,7H2,(H,15,18). The Morgan fingerprint density at radius 2 is 1.89 bits per heavy atom. The first kappa shape index (κ1) is 11.9. The van der Waals surface area contributed by atoms with E-state index < -0.39 is 5.69 Å². The first-order chi connectivity index (χ1) is 9.15. The molecule has 0 saturated heterocycles. The Bertz CT molecular complexity index is 845. The minimum absolute atomic E-state index is 0.127. The van der Waals surface area contributed by atoms with Gasteiger partial charge in [-0.3, -0.25) is 9.36 Å². The third-order valence-electron chi connectivity index (χ3n) is 2.85. The van der Waals surface area contributed by atoms with Crippen LogP contribution in [0.2, 0.25) is 0 Å². The topological polar surface area (TPSA) is 54.9 Å². The molecule has 0 unspecified atom stereocenters. The molecule has 19 heavy (non-hydrogen) atoms. The van der Waals surface area contributed by atoms with Gasteiger partial charge in [-0.2, -0.15) is 0 Å². The first-order valence-electron chi connectivity index (χ1n) is 5.60. The molecular formula is C13H9FN2O2S. The molecular weight excluding hydrogens is 267 g/mol. The lowest BCUT2D eigenvalue weighted by atomic mass is 10.2. The Hall–Kier alpha value is -2.21. The van der Waals surface area contributed by atoms with Gasteiger partial charge in [-0.15, -0.1) is 11.3 Å². The highest BCUT2D eigenvalue weighted by atomic mass is 32.1. The molecule has 0 saturated carbocycles. The van der Waals surface area contributed by atoms with Crippen molar-refractivity contribution < 1.29 is 4.39 Å². The molecule has 6 heteroatoms. The van der Waals surface area contributed by atoms with Gasteiger partial charge in [0.05, 0.1) is 12.1 Å². The van der Waals surface area contributed by atoms with E-state index in [1.165, 1.54) is 23.5 Å². The monoisotopic (exact) mass is 276 g/mol. The number of benzene rings is 1. The van der Waals surface area contributed by atoms with E-state index in [2.05, 4.69) is 4.98 Å². The number of hydrogen-bond acceptors (Lipinski definition) is 3. The van der Waals surface area contributed by atoms with Crippen molar-refractivity contribution in [3.8, 4) is 0 Å². The van der Waals surface area contributed by atoms with Crippen LogP contribution in [0.25, 0.3) is 10.2 Å². The van der Waals surface area contributed by atoms with Gasteiger partial charge in [0, 0.05) is 0 Å². The second-order valence-corrected chi connectivity index (χ2v) is 5.03. The summed E-state index contributed by atoms with van der Waals surface area (Å²) < 4.78 is 14.4. The van der Waals surface area contributed by atoms with Crippen molar-refractivity contribution in [2.24, 2.45) is 0 Å². The molecule has 2 aromatic heterocycles. The van der Waals surface area contributed by atoms with Crippen molar-refractivity contribution >= 4 is 21.6 Å². The zero-order valence-electron chi connectivity index (χ0n) is 9.72. The van der Waals surface area contributed by atoms with Crippen molar-refractivity contribution in [3.05, 3.63) is 67.9 Å². The fraction of sp³-hybridized carbons (Fsp3) is 0.0769. The molecule has 3 aromatic rings. The van der Waals surface area contributed by atoms with Gasteiger partial charge in [-0.1, -0.05) is 12.1 Å². The summed E-state index contributed by atoms with van der Waals surface area (Å²) in [7, 11) is 0. The third kappa shape index (κ3) is 2.10. The maximum atomic E-state index is 12.8. The minimum Gasteiger partial charge on any atom is -0.306 e. The largest absolute Gasteiger partial charge is 0.329 e. The number of aromatic nitrogens is 2. The van der Waals surface area contributed by atoms with Crippen molar-refractivity contribution in [3.63, 3.8) is 0 Å². The van der Waals surface area contributed by atoms with E-state index in [9.17, 15) is 14.0 Å². The second-order valence-electron chi connectivity index (χ2n) is 4.11. The minimum atomic E-state index is -0.458. The third-order valence-corrected chi connectivity index (χ3v) is 3.75. The average molecular weight is 276 g/mol. The number of nitrogens with zero attached hydrogens (tertiary/aromatic N) is 1. The molecule has 1 N–H and O–H groups in total. The molecule has 0 spiro atoms. The van der Waals surface area contributed by atoms with Crippen LogP contribution in [0.4, 0.5) is 4.39 Å². The zero-order valence-corrected chi connectivity index (χ0v) is 10.5. The van der Waals surface area contributed by atoms with Gasteiger partial charge in [0.25, 0.3) is 5.56 Å². The molecule has 0 amide bonds. The van der Waals surface area contributed by atoms with Gasteiger partial charge in [-0.25, -0.2) is 9.18 Å². The molecule has 0 bridgehead atoms.